The van der Waals surface area contributed by atoms with Crippen LogP contribution in [-0.2, 0) is 0 Å². The van der Waals surface area contributed by atoms with Gasteiger partial charge in [-0.05, 0) is 26.0 Å². The van der Waals surface area contributed by atoms with Crippen molar-refractivity contribution in [2.24, 2.45) is 0 Å². The molecule has 4 heteroatoms. The Kier molecular flexibility index (Phi) is 3.14. The van der Waals surface area contributed by atoms with Crippen LogP contribution >= 0.6 is 0 Å². The van der Waals surface area contributed by atoms with Crippen LogP contribution in [0.2, 0.25) is 0 Å². The van der Waals surface area contributed by atoms with E-state index in [9.17, 15) is 4.79 Å². The summed E-state index contributed by atoms with van der Waals surface area (Å²) in [6.45, 7) is 3.70. The molecule has 0 fully saturated rings. The average molecular weight is 227 g/mol. The Balaban J connectivity index is 2.24. The highest BCUT2D eigenvalue weighted by molar-refractivity contribution is 6.03. The van der Waals surface area contributed by atoms with Crippen molar-refractivity contribution in [2.45, 2.75) is 13.8 Å². The molecule has 4 nitrogen and oxygen atoms in total. The van der Waals surface area contributed by atoms with Gasteiger partial charge in [0, 0.05) is 16.9 Å². The van der Waals surface area contributed by atoms with E-state index in [4.69, 9.17) is 0 Å². The monoisotopic (exact) mass is 227 g/mol. The number of hydrogen-bond acceptors (Lipinski definition) is 3. The zero-order chi connectivity index (χ0) is 12.3. The van der Waals surface area contributed by atoms with Crippen LogP contribution in [0.4, 0.5) is 5.69 Å². The summed E-state index contributed by atoms with van der Waals surface area (Å²) in [6, 6.07) is 9.31. The van der Waals surface area contributed by atoms with Crippen molar-refractivity contribution in [2.75, 3.05) is 5.32 Å². The minimum absolute atomic E-state index is 0.209. The smallest absolute Gasteiger partial charge is 0.274 e. The number of carbonyl (C=O) groups is 1. The lowest BCUT2D eigenvalue weighted by atomic mass is 10.2. The summed E-state index contributed by atoms with van der Waals surface area (Å²) in [5.41, 5.74) is 2.80. The molecule has 1 aromatic carbocycles. The van der Waals surface area contributed by atoms with Crippen LogP contribution in [0, 0.1) is 13.8 Å². The average Bonchev–Trinajstić information content (AvgIpc) is 2.34. The third-order valence-electron chi connectivity index (χ3n) is 2.58. The molecule has 0 saturated carbocycles. The van der Waals surface area contributed by atoms with Gasteiger partial charge < -0.3 is 5.32 Å². The second-order valence-electron chi connectivity index (χ2n) is 3.75. The fourth-order valence-electron chi connectivity index (χ4n) is 1.48. The Morgan fingerprint density at radius 1 is 1.12 bits per heavy atom. The molecule has 0 radical (unpaired) electrons. The molecule has 17 heavy (non-hydrogen) atoms. The van der Waals surface area contributed by atoms with Gasteiger partial charge in [0.05, 0.1) is 0 Å². The standard InChI is InChI=1S/C13H13N3O/c1-9-10(2)14-8-15-12(9)13(17)16-11-6-4-3-5-7-11/h3-8H,1-2H3,(H,16,17). The molecular weight excluding hydrogens is 214 g/mol. The fourth-order valence-corrected chi connectivity index (χ4v) is 1.48. The molecule has 1 heterocycles. The van der Waals surface area contributed by atoms with Gasteiger partial charge in [-0.1, -0.05) is 18.2 Å². The molecule has 0 atom stereocenters. The van der Waals surface area contributed by atoms with Gasteiger partial charge in [-0.25, -0.2) is 9.97 Å². The van der Waals surface area contributed by atoms with Crippen molar-refractivity contribution >= 4 is 11.6 Å². The predicted octanol–water partition coefficient (Wildman–Crippen LogP) is 2.35. The number of para-hydroxylation sites is 1. The summed E-state index contributed by atoms with van der Waals surface area (Å²) < 4.78 is 0. The van der Waals surface area contributed by atoms with Crippen molar-refractivity contribution < 1.29 is 4.79 Å². The van der Waals surface area contributed by atoms with Gasteiger partial charge in [-0.15, -0.1) is 0 Å². The molecule has 86 valence electrons. The molecule has 0 spiro atoms. The van der Waals surface area contributed by atoms with Crippen LogP contribution in [0.25, 0.3) is 0 Å². The first-order valence-electron chi connectivity index (χ1n) is 5.33. The van der Waals surface area contributed by atoms with Gasteiger partial charge in [0.15, 0.2) is 0 Å². The van der Waals surface area contributed by atoms with E-state index in [0.717, 1.165) is 16.9 Å². The van der Waals surface area contributed by atoms with Gasteiger partial charge in [0.1, 0.15) is 12.0 Å². The van der Waals surface area contributed by atoms with Gasteiger partial charge in [0.2, 0.25) is 0 Å². The van der Waals surface area contributed by atoms with E-state index in [0.29, 0.717) is 5.69 Å². The zero-order valence-corrected chi connectivity index (χ0v) is 9.77. The minimum atomic E-state index is -0.209. The van der Waals surface area contributed by atoms with Crippen molar-refractivity contribution in [1.29, 1.82) is 0 Å². The molecule has 2 aromatic rings. The molecule has 1 N–H and O–H groups in total. The van der Waals surface area contributed by atoms with Crippen LogP contribution in [0.1, 0.15) is 21.7 Å². The second kappa shape index (κ2) is 4.74. The number of aryl methyl sites for hydroxylation is 1. The highest BCUT2D eigenvalue weighted by atomic mass is 16.1. The Hall–Kier alpha value is -2.23. The summed E-state index contributed by atoms with van der Waals surface area (Å²) in [6.07, 6.45) is 1.40. The first-order chi connectivity index (χ1) is 8.18. The molecular formula is C13H13N3O. The van der Waals surface area contributed by atoms with E-state index in [2.05, 4.69) is 15.3 Å². The van der Waals surface area contributed by atoms with Crippen LogP contribution in [0.3, 0.4) is 0 Å². The largest absolute Gasteiger partial charge is 0.321 e. The van der Waals surface area contributed by atoms with Gasteiger partial charge in [-0.3, -0.25) is 4.79 Å². The quantitative estimate of drug-likeness (QED) is 0.856. The van der Waals surface area contributed by atoms with Gasteiger partial charge >= 0.3 is 0 Å². The third-order valence-corrected chi connectivity index (χ3v) is 2.58. The van der Waals surface area contributed by atoms with Crippen molar-refractivity contribution in [1.82, 2.24) is 9.97 Å². The molecule has 0 aliphatic rings. The highest BCUT2D eigenvalue weighted by Crippen LogP contribution is 2.11. The number of hydrogen-bond donors (Lipinski definition) is 1. The first-order valence-corrected chi connectivity index (χ1v) is 5.33. The Morgan fingerprint density at radius 3 is 2.53 bits per heavy atom. The molecule has 1 aromatic heterocycles. The molecule has 0 aliphatic heterocycles. The molecule has 0 bridgehead atoms. The third kappa shape index (κ3) is 2.47. The summed E-state index contributed by atoms with van der Waals surface area (Å²) in [7, 11) is 0. The maximum Gasteiger partial charge on any atom is 0.274 e. The number of carbonyl (C=O) groups excluding carboxylic acids is 1. The number of nitrogens with zero attached hydrogens (tertiary/aromatic N) is 2. The lowest BCUT2D eigenvalue weighted by Gasteiger charge is -2.07. The molecule has 0 saturated heterocycles. The van der Waals surface area contributed by atoms with E-state index in [1.54, 1.807) is 0 Å². The van der Waals surface area contributed by atoms with Crippen LogP contribution in [-0.4, -0.2) is 15.9 Å². The highest BCUT2D eigenvalue weighted by Gasteiger charge is 2.12. The number of benzene rings is 1. The Labute approximate surface area is 99.7 Å². The molecule has 0 unspecified atom stereocenters. The number of rotatable bonds is 2. The topological polar surface area (TPSA) is 54.9 Å². The van der Waals surface area contributed by atoms with Crippen molar-refractivity contribution in [3.05, 3.63) is 53.6 Å². The number of anilines is 1. The summed E-state index contributed by atoms with van der Waals surface area (Å²) >= 11 is 0. The normalized spacial score (nSPS) is 10.0. The lowest BCUT2D eigenvalue weighted by molar-refractivity contribution is 0.102. The Bertz CT molecular complexity index is 538. The Morgan fingerprint density at radius 2 is 1.82 bits per heavy atom. The first kappa shape index (κ1) is 11.3. The number of nitrogens with one attached hydrogen (secondary N) is 1. The van der Waals surface area contributed by atoms with E-state index < -0.39 is 0 Å². The minimum Gasteiger partial charge on any atom is -0.321 e. The summed E-state index contributed by atoms with van der Waals surface area (Å²) in [5.74, 6) is -0.209. The van der Waals surface area contributed by atoms with E-state index in [-0.39, 0.29) is 5.91 Å². The van der Waals surface area contributed by atoms with E-state index >= 15 is 0 Å². The molecule has 1 amide bonds. The maximum absolute atomic E-state index is 12.0. The molecule has 0 aliphatic carbocycles. The van der Waals surface area contributed by atoms with Gasteiger partial charge in [-0.2, -0.15) is 0 Å². The fraction of sp³-hybridized carbons (Fsp3) is 0.154. The number of amides is 1. The zero-order valence-electron chi connectivity index (χ0n) is 9.77. The lowest BCUT2D eigenvalue weighted by Crippen LogP contribution is -2.16. The van der Waals surface area contributed by atoms with Gasteiger partial charge in [0.25, 0.3) is 5.91 Å². The number of aromatic nitrogens is 2. The van der Waals surface area contributed by atoms with Crippen LogP contribution in [0.5, 0.6) is 0 Å². The summed E-state index contributed by atoms with van der Waals surface area (Å²) in [4.78, 5) is 20.0. The van der Waals surface area contributed by atoms with Crippen molar-refractivity contribution in [3.63, 3.8) is 0 Å². The van der Waals surface area contributed by atoms with Crippen LogP contribution in [0.15, 0.2) is 36.7 Å². The predicted molar refractivity (Wildman–Crippen MR) is 65.9 cm³/mol. The second-order valence-corrected chi connectivity index (χ2v) is 3.75. The maximum atomic E-state index is 12.0. The van der Waals surface area contributed by atoms with Crippen molar-refractivity contribution in [3.8, 4) is 0 Å². The van der Waals surface area contributed by atoms with E-state index in [1.807, 2.05) is 44.2 Å². The van der Waals surface area contributed by atoms with Crippen LogP contribution < -0.4 is 5.32 Å². The SMILES string of the molecule is Cc1ncnc(C(=O)Nc2ccccc2)c1C. The molecule has 2 rings (SSSR count). The summed E-state index contributed by atoms with van der Waals surface area (Å²) in [5, 5.41) is 2.80. The van der Waals surface area contributed by atoms with E-state index in [1.165, 1.54) is 6.33 Å².